The fourth-order valence-electron chi connectivity index (χ4n) is 1.67. The summed E-state index contributed by atoms with van der Waals surface area (Å²) < 4.78 is 130. The average Bonchev–Trinajstić information content (AvgIpc) is 2.56. The summed E-state index contributed by atoms with van der Waals surface area (Å²) in [5, 5.41) is 19.5. The molecule has 0 saturated carbocycles. The van der Waals surface area contributed by atoms with Crippen LogP contribution in [0.3, 0.4) is 0 Å². The summed E-state index contributed by atoms with van der Waals surface area (Å²) in [5.74, 6) is 5.56. The normalized spacial score (nSPS) is 13.3. The van der Waals surface area contributed by atoms with Crippen molar-refractivity contribution in [2.24, 2.45) is 0 Å². The molecule has 0 spiro atoms. The van der Waals surface area contributed by atoms with E-state index >= 15 is 0 Å². The number of halogens is 6. The van der Waals surface area contributed by atoms with Gasteiger partial charge in [-0.2, -0.15) is 43.2 Å². The molecule has 1 aromatic carbocycles. The zero-order valence-corrected chi connectivity index (χ0v) is 19.2. The molecular weight excluding hydrogens is 522 g/mol. The molecule has 190 valence electrons. The van der Waals surface area contributed by atoms with Gasteiger partial charge in [-0.25, -0.2) is 0 Å². The zero-order valence-electron chi connectivity index (χ0n) is 17.6. The molecule has 0 unspecified atom stereocenters. The number of alkyl halides is 6. The Morgan fingerprint density at radius 2 is 0.941 bits per heavy atom. The maximum Gasteiger partial charge on any atom is 0.534 e. The third kappa shape index (κ3) is 8.28. The summed E-state index contributed by atoms with van der Waals surface area (Å²) in [6, 6.07) is 0.634. The van der Waals surface area contributed by atoms with Gasteiger partial charge < -0.3 is 18.6 Å². The van der Waals surface area contributed by atoms with E-state index < -0.39 is 65.1 Å². The second-order valence-electron chi connectivity index (χ2n) is 7.43. The van der Waals surface area contributed by atoms with Crippen molar-refractivity contribution in [2.75, 3.05) is 0 Å². The van der Waals surface area contributed by atoms with Crippen LogP contribution in [0.4, 0.5) is 26.3 Å². The lowest BCUT2D eigenvalue weighted by Crippen LogP contribution is -2.30. The molecule has 8 nitrogen and oxygen atoms in total. The quantitative estimate of drug-likeness (QED) is 0.259. The van der Waals surface area contributed by atoms with Gasteiger partial charge in [0.25, 0.3) is 0 Å². The highest BCUT2D eigenvalue weighted by Gasteiger charge is 2.51. The average molecular weight is 538 g/mol. The first-order valence-corrected chi connectivity index (χ1v) is 11.4. The molecule has 0 aromatic heterocycles. The van der Waals surface area contributed by atoms with E-state index in [0.717, 1.165) is 0 Å². The van der Waals surface area contributed by atoms with E-state index in [-0.39, 0.29) is 0 Å². The lowest BCUT2D eigenvalue weighted by atomic mass is 10.0. The van der Waals surface area contributed by atoms with E-state index in [9.17, 15) is 53.4 Å². The van der Waals surface area contributed by atoms with Crippen LogP contribution in [0.15, 0.2) is 12.1 Å². The van der Waals surface area contributed by atoms with Crippen molar-refractivity contribution >= 4 is 20.2 Å². The molecule has 0 saturated heterocycles. The molecule has 0 aliphatic rings. The van der Waals surface area contributed by atoms with Crippen molar-refractivity contribution in [3.63, 3.8) is 0 Å². The Morgan fingerprint density at radius 1 is 0.676 bits per heavy atom. The summed E-state index contributed by atoms with van der Waals surface area (Å²) in [4.78, 5) is 0. The Kier molecular flexibility index (Phi) is 7.93. The van der Waals surface area contributed by atoms with Gasteiger partial charge in [-0.05, 0) is 27.7 Å². The molecule has 1 aromatic rings. The molecular formula is C18H16F6O8S2. The number of hydrogen-bond donors (Lipinski definition) is 2. The molecule has 0 atom stereocenters. The van der Waals surface area contributed by atoms with Crippen molar-refractivity contribution in [3.8, 4) is 35.2 Å². The lowest BCUT2D eigenvalue weighted by Gasteiger charge is -2.16. The molecule has 1 rings (SSSR count). The Balaban J connectivity index is 3.99. The van der Waals surface area contributed by atoms with E-state index in [4.69, 9.17) is 0 Å². The topological polar surface area (TPSA) is 127 Å². The molecule has 0 amide bonds. The molecule has 0 bridgehead atoms. The minimum atomic E-state index is -6.50. The lowest BCUT2D eigenvalue weighted by molar-refractivity contribution is -0.0513. The second-order valence-corrected chi connectivity index (χ2v) is 10.5. The number of aliphatic hydroxyl groups is 2. The fraction of sp³-hybridized carbons (Fsp3) is 0.444. The molecule has 34 heavy (non-hydrogen) atoms. The minimum absolute atomic E-state index is 0.317. The SMILES string of the molecule is CC(C)(O)C#Cc1cc(OS(=O)(=O)C(F)(F)F)c(OS(=O)(=O)C(F)(F)F)cc1C#CC(C)(C)O. The minimum Gasteiger partial charge on any atom is -0.378 e. The van der Waals surface area contributed by atoms with Crippen LogP contribution in [-0.2, 0) is 20.2 Å². The summed E-state index contributed by atoms with van der Waals surface area (Å²) in [6.45, 7) is 4.73. The summed E-state index contributed by atoms with van der Waals surface area (Å²) in [6.07, 6.45) is 0. The van der Waals surface area contributed by atoms with Gasteiger partial charge in [0.1, 0.15) is 11.2 Å². The number of benzene rings is 1. The summed E-state index contributed by atoms with van der Waals surface area (Å²) in [5.41, 5.74) is -16.5. The van der Waals surface area contributed by atoms with Crippen LogP contribution in [0.25, 0.3) is 0 Å². The predicted molar refractivity (Wildman–Crippen MR) is 104 cm³/mol. The Morgan fingerprint density at radius 3 is 1.15 bits per heavy atom. The smallest absolute Gasteiger partial charge is 0.378 e. The molecule has 0 fully saturated rings. The van der Waals surface area contributed by atoms with Crippen LogP contribution < -0.4 is 8.37 Å². The highest BCUT2D eigenvalue weighted by molar-refractivity contribution is 7.88. The van der Waals surface area contributed by atoms with Crippen LogP contribution in [0.5, 0.6) is 11.5 Å². The van der Waals surface area contributed by atoms with Gasteiger partial charge in [-0.15, -0.1) is 0 Å². The van der Waals surface area contributed by atoms with Crippen LogP contribution in [-0.4, -0.2) is 49.3 Å². The fourth-order valence-corrected chi connectivity index (χ4v) is 2.59. The van der Waals surface area contributed by atoms with Gasteiger partial charge in [0.05, 0.1) is 0 Å². The predicted octanol–water partition coefficient (Wildman–Crippen LogP) is 2.39. The van der Waals surface area contributed by atoms with Gasteiger partial charge in [0, 0.05) is 23.3 Å². The van der Waals surface area contributed by atoms with Gasteiger partial charge in [-0.3, -0.25) is 0 Å². The van der Waals surface area contributed by atoms with Gasteiger partial charge in [-0.1, -0.05) is 23.7 Å². The van der Waals surface area contributed by atoms with E-state index in [1.165, 1.54) is 27.7 Å². The Bertz CT molecular complexity index is 1170. The highest BCUT2D eigenvalue weighted by Crippen LogP contribution is 2.38. The van der Waals surface area contributed by atoms with E-state index in [1.54, 1.807) is 0 Å². The third-order valence-corrected chi connectivity index (χ3v) is 4.99. The largest absolute Gasteiger partial charge is 0.534 e. The molecule has 0 aliphatic carbocycles. The Hall–Kier alpha value is -2.66. The van der Waals surface area contributed by atoms with Crippen LogP contribution in [0.1, 0.15) is 38.8 Å². The third-order valence-electron chi connectivity index (χ3n) is 3.06. The maximum atomic E-state index is 12.8. The first-order chi connectivity index (χ1) is 14.8. The number of hydrogen-bond acceptors (Lipinski definition) is 8. The van der Waals surface area contributed by atoms with Crippen molar-refractivity contribution in [1.82, 2.24) is 0 Å². The second kappa shape index (κ2) is 9.18. The van der Waals surface area contributed by atoms with Gasteiger partial charge >= 0.3 is 31.3 Å². The summed E-state index contributed by atoms with van der Waals surface area (Å²) >= 11 is 0. The standard InChI is InChI=1S/C18H16F6O8S2/c1-15(2,25)7-5-11-9-13(31-33(27,28)17(19,20)21)14(32-34(29,30)18(22,23)24)10-12(11)6-8-16(3,4)26/h9-10,25-26H,1-4H3. The van der Waals surface area contributed by atoms with Gasteiger partial charge in [0.15, 0.2) is 11.5 Å². The molecule has 2 N–H and O–H groups in total. The zero-order chi connectivity index (χ0) is 27.0. The monoisotopic (exact) mass is 538 g/mol. The van der Waals surface area contributed by atoms with Crippen LogP contribution in [0, 0.1) is 23.7 Å². The van der Waals surface area contributed by atoms with Gasteiger partial charge in [0.2, 0.25) is 0 Å². The van der Waals surface area contributed by atoms with Crippen molar-refractivity contribution in [3.05, 3.63) is 23.3 Å². The van der Waals surface area contributed by atoms with E-state index in [2.05, 4.69) is 32.0 Å². The summed E-state index contributed by atoms with van der Waals surface area (Å²) in [7, 11) is -13.0. The van der Waals surface area contributed by atoms with Crippen molar-refractivity contribution in [1.29, 1.82) is 0 Å². The first kappa shape index (κ1) is 29.4. The molecule has 16 heteroatoms. The van der Waals surface area contributed by atoms with E-state index in [0.29, 0.717) is 12.1 Å². The first-order valence-electron chi connectivity index (χ1n) is 8.55. The molecule has 0 heterocycles. The highest BCUT2D eigenvalue weighted by atomic mass is 32.2. The van der Waals surface area contributed by atoms with Crippen LogP contribution >= 0.6 is 0 Å². The van der Waals surface area contributed by atoms with Crippen LogP contribution in [0.2, 0.25) is 0 Å². The number of rotatable bonds is 4. The molecule has 0 radical (unpaired) electrons. The molecule has 0 aliphatic heterocycles. The van der Waals surface area contributed by atoms with Crippen molar-refractivity contribution < 1.29 is 61.8 Å². The van der Waals surface area contributed by atoms with Crippen molar-refractivity contribution in [2.45, 2.75) is 49.9 Å². The van der Waals surface area contributed by atoms with E-state index in [1.807, 2.05) is 0 Å². The maximum absolute atomic E-state index is 12.8. The Labute approximate surface area is 190 Å².